The van der Waals surface area contributed by atoms with Gasteiger partial charge in [0.25, 0.3) is 0 Å². The molecule has 1 fully saturated rings. The first kappa shape index (κ1) is 15.8. The molecule has 2 amide bonds. The summed E-state index contributed by atoms with van der Waals surface area (Å²) in [4.78, 5) is 15.9. The molecule has 3 N–H and O–H groups in total. The normalized spacial score (nSPS) is 20.6. The van der Waals surface area contributed by atoms with Gasteiger partial charge in [0.1, 0.15) is 0 Å². The Morgan fingerprint density at radius 2 is 2.23 bits per heavy atom. The van der Waals surface area contributed by atoms with E-state index in [0.717, 1.165) is 51.7 Å². The third kappa shape index (κ3) is 3.62. The molecule has 0 spiro atoms. The number of hydrogen-bond donors (Lipinski definition) is 3. The van der Waals surface area contributed by atoms with Gasteiger partial charge in [-0.25, -0.2) is 4.79 Å². The Morgan fingerprint density at radius 3 is 3.00 bits per heavy atom. The number of carbonyl (C=O) groups is 1. The van der Waals surface area contributed by atoms with Crippen LogP contribution in [0.3, 0.4) is 0 Å². The average molecular weight is 323 g/mol. The minimum atomic E-state index is -0.388. The average Bonchev–Trinajstić information content (AvgIpc) is 3.16. The molecular formula is C16H25N3O2S. The maximum Gasteiger partial charge on any atom is 0.315 e. The van der Waals surface area contributed by atoms with E-state index in [1.54, 1.807) is 0 Å². The van der Waals surface area contributed by atoms with Crippen molar-refractivity contribution in [3.63, 3.8) is 0 Å². The van der Waals surface area contributed by atoms with Crippen molar-refractivity contribution in [2.75, 3.05) is 26.2 Å². The Balaban J connectivity index is 1.39. The molecule has 1 aliphatic heterocycles. The van der Waals surface area contributed by atoms with Crippen molar-refractivity contribution in [3.8, 4) is 0 Å². The highest BCUT2D eigenvalue weighted by atomic mass is 32.1. The predicted molar refractivity (Wildman–Crippen MR) is 88.1 cm³/mol. The zero-order valence-electron chi connectivity index (χ0n) is 12.9. The lowest BCUT2D eigenvalue weighted by Crippen LogP contribution is -2.53. The van der Waals surface area contributed by atoms with Gasteiger partial charge in [0.05, 0.1) is 12.1 Å². The molecular weight excluding hydrogens is 298 g/mol. The fourth-order valence-corrected chi connectivity index (χ4v) is 4.37. The molecule has 3 rings (SSSR count). The second-order valence-corrected chi connectivity index (χ2v) is 7.42. The van der Waals surface area contributed by atoms with Crippen LogP contribution in [0.5, 0.6) is 0 Å². The molecule has 0 aromatic carbocycles. The summed E-state index contributed by atoms with van der Waals surface area (Å²) in [7, 11) is 0. The largest absolute Gasteiger partial charge is 0.394 e. The summed E-state index contributed by atoms with van der Waals surface area (Å²) in [5, 5.41) is 17.6. The molecule has 2 heterocycles. The van der Waals surface area contributed by atoms with Crippen LogP contribution in [0.2, 0.25) is 0 Å². The first-order valence-electron chi connectivity index (χ1n) is 8.15. The zero-order valence-corrected chi connectivity index (χ0v) is 13.8. The van der Waals surface area contributed by atoms with Crippen LogP contribution in [-0.2, 0) is 13.0 Å². The van der Waals surface area contributed by atoms with E-state index in [1.807, 2.05) is 11.3 Å². The number of nitrogens with zero attached hydrogens (tertiary/aromatic N) is 1. The lowest BCUT2D eigenvalue weighted by atomic mass is 9.99. The van der Waals surface area contributed by atoms with Gasteiger partial charge >= 0.3 is 6.03 Å². The highest BCUT2D eigenvalue weighted by molar-refractivity contribution is 7.10. The van der Waals surface area contributed by atoms with Crippen molar-refractivity contribution in [1.82, 2.24) is 15.5 Å². The zero-order chi connectivity index (χ0) is 15.4. The molecule has 0 bridgehead atoms. The topological polar surface area (TPSA) is 64.6 Å². The van der Waals surface area contributed by atoms with Gasteiger partial charge in [0, 0.05) is 31.1 Å². The van der Waals surface area contributed by atoms with E-state index in [-0.39, 0.29) is 18.2 Å². The number of hydrogen-bond acceptors (Lipinski definition) is 4. The van der Waals surface area contributed by atoms with E-state index in [9.17, 15) is 9.90 Å². The van der Waals surface area contributed by atoms with E-state index < -0.39 is 0 Å². The number of carbonyl (C=O) groups excluding carboxylic acids is 1. The second-order valence-electron chi connectivity index (χ2n) is 6.42. The molecule has 22 heavy (non-hydrogen) atoms. The van der Waals surface area contributed by atoms with Crippen LogP contribution in [0.4, 0.5) is 4.79 Å². The van der Waals surface area contributed by atoms with Gasteiger partial charge in [-0.1, -0.05) is 12.8 Å². The molecule has 1 saturated carbocycles. The van der Waals surface area contributed by atoms with Gasteiger partial charge in [-0.15, -0.1) is 11.3 Å². The Bertz CT molecular complexity index is 511. The van der Waals surface area contributed by atoms with Crippen LogP contribution in [0.25, 0.3) is 0 Å². The number of thiophene rings is 1. The Morgan fingerprint density at radius 1 is 1.41 bits per heavy atom. The Kier molecular flexibility index (Phi) is 5.00. The quantitative estimate of drug-likeness (QED) is 0.773. The van der Waals surface area contributed by atoms with Crippen molar-refractivity contribution in [2.45, 2.75) is 44.2 Å². The van der Waals surface area contributed by atoms with Gasteiger partial charge in [-0.2, -0.15) is 0 Å². The summed E-state index contributed by atoms with van der Waals surface area (Å²) in [6.07, 6.45) is 5.04. The van der Waals surface area contributed by atoms with Crippen LogP contribution in [0.1, 0.15) is 36.1 Å². The minimum Gasteiger partial charge on any atom is -0.394 e. The van der Waals surface area contributed by atoms with Crippen LogP contribution < -0.4 is 10.6 Å². The molecule has 1 aromatic heterocycles. The molecule has 2 aliphatic rings. The van der Waals surface area contributed by atoms with Crippen LogP contribution in [0.15, 0.2) is 11.4 Å². The number of urea groups is 1. The summed E-state index contributed by atoms with van der Waals surface area (Å²) in [5.74, 6) is 0. The van der Waals surface area contributed by atoms with Crippen molar-refractivity contribution >= 4 is 17.4 Å². The van der Waals surface area contributed by atoms with Gasteiger partial charge < -0.3 is 15.7 Å². The van der Waals surface area contributed by atoms with Gasteiger partial charge in [-0.3, -0.25) is 4.90 Å². The number of rotatable bonds is 5. The van der Waals surface area contributed by atoms with E-state index in [4.69, 9.17) is 0 Å². The van der Waals surface area contributed by atoms with Crippen molar-refractivity contribution in [2.24, 2.45) is 0 Å². The smallest absolute Gasteiger partial charge is 0.315 e. The Hall–Kier alpha value is -1.11. The van der Waals surface area contributed by atoms with Gasteiger partial charge in [0.15, 0.2) is 0 Å². The van der Waals surface area contributed by atoms with Crippen LogP contribution in [0, 0.1) is 0 Å². The number of amides is 2. The van der Waals surface area contributed by atoms with E-state index in [1.165, 1.54) is 10.4 Å². The van der Waals surface area contributed by atoms with Gasteiger partial charge in [-0.05, 0) is 36.3 Å². The fraction of sp³-hybridized carbons (Fsp3) is 0.688. The van der Waals surface area contributed by atoms with Crippen LogP contribution >= 0.6 is 11.3 Å². The van der Waals surface area contributed by atoms with Crippen LogP contribution in [-0.4, -0.2) is 47.8 Å². The minimum absolute atomic E-state index is 0.0352. The SMILES string of the molecule is O=C(NCCN1CCc2sccc2C1)NC1(CO)CCCC1. The van der Waals surface area contributed by atoms with Crippen molar-refractivity contribution in [3.05, 3.63) is 21.9 Å². The molecule has 0 unspecified atom stereocenters. The molecule has 0 radical (unpaired) electrons. The molecule has 5 nitrogen and oxygen atoms in total. The van der Waals surface area contributed by atoms with Crippen molar-refractivity contribution in [1.29, 1.82) is 0 Å². The molecule has 0 atom stereocenters. The summed E-state index contributed by atoms with van der Waals surface area (Å²) in [6.45, 7) is 3.61. The van der Waals surface area contributed by atoms with E-state index in [0.29, 0.717) is 6.54 Å². The lowest BCUT2D eigenvalue weighted by molar-refractivity contribution is 0.162. The summed E-state index contributed by atoms with van der Waals surface area (Å²) >= 11 is 1.85. The first-order valence-corrected chi connectivity index (χ1v) is 9.03. The third-order valence-corrected chi connectivity index (χ3v) is 5.87. The predicted octanol–water partition coefficient (Wildman–Crippen LogP) is 1.71. The maximum atomic E-state index is 12.0. The van der Waals surface area contributed by atoms with Crippen molar-refractivity contribution < 1.29 is 9.90 Å². The third-order valence-electron chi connectivity index (χ3n) is 4.84. The molecule has 1 aliphatic carbocycles. The van der Waals surface area contributed by atoms with Gasteiger partial charge in [0.2, 0.25) is 0 Å². The van der Waals surface area contributed by atoms with E-state index in [2.05, 4.69) is 27.0 Å². The summed E-state index contributed by atoms with van der Waals surface area (Å²) < 4.78 is 0. The highest BCUT2D eigenvalue weighted by Gasteiger charge is 2.34. The number of aliphatic hydroxyl groups is 1. The summed E-state index contributed by atoms with van der Waals surface area (Å²) in [5.41, 5.74) is 1.05. The molecule has 122 valence electrons. The highest BCUT2D eigenvalue weighted by Crippen LogP contribution is 2.29. The fourth-order valence-electron chi connectivity index (χ4n) is 3.48. The first-order chi connectivity index (χ1) is 10.7. The van der Waals surface area contributed by atoms with E-state index >= 15 is 0 Å². The number of nitrogens with one attached hydrogen (secondary N) is 2. The number of aliphatic hydroxyl groups excluding tert-OH is 1. The monoisotopic (exact) mass is 323 g/mol. The lowest BCUT2D eigenvalue weighted by Gasteiger charge is -2.29. The molecule has 1 aromatic rings. The summed E-state index contributed by atoms with van der Waals surface area (Å²) in [6, 6.07) is 2.06. The maximum absolute atomic E-state index is 12.0. The molecule has 0 saturated heterocycles. The second kappa shape index (κ2) is 6.98. The standard InChI is InChI=1S/C16H25N3O2S/c20-12-16(5-1-2-6-16)18-15(21)17-7-9-19-8-3-14-13(11-19)4-10-22-14/h4,10,20H,1-3,5-9,11-12H2,(H2,17,18,21). The molecule has 6 heteroatoms. The number of fused-ring (bicyclic) bond motifs is 1. The Labute approximate surface area is 135 Å².